The Morgan fingerprint density at radius 3 is 2.40 bits per heavy atom. The van der Waals surface area contributed by atoms with E-state index in [1.54, 1.807) is 11.8 Å². The molecule has 0 aliphatic heterocycles. The van der Waals surface area contributed by atoms with Crippen LogP contribution in [0.25, 0.3) is 0 Å². The Balaban J connectivity index is 3.39. The summed E-state index contributed by atoms with van der Waals surface area (Å²) >= 11 is 6.58. The van der Waals surface area contributed by atoms with Gasteiger partial charge in [-0.15, -0.1) is 11.8 Å². The summed E-state index contributed by atoms with van der Waals surface area (Å²) in [5, 5.41) is 0. The Morgan fingerprint density at radius 1 is 1.60 bits per heavy atom. The first-order valence-electron chi connectivity index (χ1n) is 3.43. The van der Waals surface area contributed by atoms with E-state index in [1.807, 2.05) is 6.92 Å². The predicted molar refractivity (Wildman–Crippen MR) is 53.5 cm³/mol. The zero-order chi connectivity index (χ0) is 8.15. The van der Waals surface area contributed by atoms with Gasteiger partial charge in [0.2, 0.25) is 0 Å². The number of thiocarbonyl (C=S) groups is 1. The molecule has 0 heterocycles. The van der Waals surface area contributed by atoms with Crippen LogP contribution in [0.3, 0.4) is 0 Å². The molecule has 0 saturated heterocycles. The van der Waals surface area contributed by atoms with Gasteiger partial charge in [-0.25, -0.2) is 0 Å². The molecular formula is C7H15NS2. The number of hydrogen-bond donors (Lipinski definition) is 1. The van der Waals surface area contributed by atoms with E-state index in [9.17, 15) is 0 Å². The van der Waals surface area contributed by atoms with Gasteiger partial charge in [0.15, 0.2) is 0 Å². The fraction of sp³-hybridized carbons (Fsp3) is 0.857. The molecule has 0 aliphatic carbocycles. The molecule has 0 unspecified atom stereocenters. The number of nitrogens with two attached hydrogens (primary N) is 1. The molecule has 1 nitrogen and oxygen atoms in total. The summed E-state index contributed by atoms with van der Waals surface area (Å²) in [6.45, 7) is 6.20. The van der Waals surface area contributed by atoms with Gasteiger partial charge in [-0.05, 0) is 12.8 Å². The van der Waals surface area contributed by atoms with Crippen molar-refractivity contribution in [3.63, 3.8) is 0 Å². The molecule has 0 spiro atoms. The molecule has 0 aromatic heterocycles. The van der Waals surface area contributed by atoms with E-state index >= 15 is 0 Å². The van der Waals surface area contributed by atoms with E-state index in [0.717, 1.165) is 9.95 Å². The molecule has 3 heteroatoms. The van der Waals surface area contributed by atoms with Crippen LogP contribution in [0.2, 0.25) is 0 Å². The van der Waals surface area contributed by atoms with E-state index < -0.39 is 0 Å². The van der Waals surface area contributed by atoms with Crippen LogP contribution in [0.15, 0.2) is 0 Å². The van der Waals surface area contributed by atoms with Crippen molar-refractivity contribution in [3.05, 3.63) is 0 Å². The third-order valence-electron chi connectivity index (χ3n) is 1.34. The van der Waals surface area contributed by atoms with E-state index in [1.165, 1.54) is 0 Å². The van der Waals surface area contributed by atoms with Crippen LogP contribution in [0.5, 0.6) is 0 Å². The lowest BCUT2D eigenvalue weighted by Crippen LogP contribution is -2.29. The van der Waals surface area contributed by atoms with Gasteiger partial charge in [0.1, 0.15) is 0 Å². The molecule has 0 amide bonds. The Hall–Kier alpha value is 0.400. The summed E-state index contributed by atoms with van der Waals surface area (Å²) in [7, 11) is 0. The molecule has 0 fully saturated rings. The van der Waals surface area contributed by atoms with Gasteiger partial charge in [-0.3, -0.25) is 0 Å². The molecule has 0 saturated carbocycles. The first-order valence-corrected chi connectivity index (χ1v) is 4.82. The highest BCUT2D eigenvalue weighted by Crippen LogP contribution is 2.09. The van der Waals surface area contributed by atoms with Gasteiger partial charge in [0, 0.05) is 16.0 Å². The van der Waals surface area contributed by atoms with Crippen molar-refractivity contribution in [2.45, 2.75) is 26.8 Å². The summed E-state index contributed by atoms with van der Waals surface area (Å²) in [5.41, 5.74) is 5.78. The quantitative estimate of drug-likeness (QED) is 0.668. The zero-order valence-electron chi connectivity index (χ0n) is 6.76. The van der Waals surface area contributed by atoms with Gasteiger partial charge < -0.3 is 5.73 Å². The second-order valence-electron chi connectivity index (χ2n) is 2.71. The standard InChI is InChI=1S/C7H15NS2/c1-5(2)7(8)4-10-6(3)9/h5,7H,4,8H2,1-3H3/t7-/m0/s1. The molecule has 10 heavy (non-hydrogen) atoms. The van der Waals surface area contributed by atoms with Crippen LogP contribution in [-0.4, -0.2) is 16.0 Å². The van der Waals surface area contributed by atoms with Gasteiger partial charge >= 0.3 is 0 Å². The van der Waals surface area contributed by atoms with Crippen molar-refractivity contribution in [3.8, 4) is 0 Å². The van der Waals surface area contributed by atoms with Gasteiger partial charge in [0.25, 0.3) is 0 Å². The average molecular weight is 177 g/mol. The Labute approximate surface area is 72.8 Å². The number of hydrogen-bond acceptors (Lipinski definition) is 3. The minimum Gasteiger partial charge on any atom is -0.327 e. The highest BCUT2D eigenvalue weighted by molar-refractivity contribution is 8.23. The monoisotopic (exact) mass is 177 g/mol. The van der Waals surface area contributed by atoms with Gasteiger partial charge in [0.05, 0.1) is 0 Å². The van der Waals surface area contributed by atoms with Crippen molar-refractivity contribution in [1.29, 1.82) is 0 Å². The largest absolute Gasteiger partial charge is 0.327 e. The normalized spacial score (nSPS) is 13.7. The average Bonchev–Trinajstić information content (AvgIpc) is 1.82. The van der Waals surface area contributed by atoms with Crippen molar-refractivity contribution in [2.24, 2.45) is 11.7 Å². The van der Waals surface area contributed by atoms with E-state index in [-0.39, 0.29) is 6.04 Å². The molecule has 0 bridgehead atoms. The van der Waals surface area contributed by atoms with Crippen molar-refractivity contribution in [1.82, 2.24) is 0 Å². The highest BCUT2D eigenvalue weighted by Gasteiger charge is 2.06. The van der Waals surface area contributed by atoms with Crippen LogP contribution in [0.1, 0.15) is 20.8 Å². The molecule has 0 radical (unpaired) electrons. The fourth-order valence-corrected chi connectivity index (χ4v) is 1.42. The van der Waals surface area contributed by atoms with Crippen LogP contribution in [0, 0.1) is 5.92 Å². The zero-order valence-corrected chi connectivity index (χ0v) is 8.39. The lowest BCUT2D eigenvalue weighted by molar-refractivity contribution is 0.536. The summed E-state index contributed by atoms with van der Waals surface area (Å²) in [4.78, 5) is 0. The molecule has 0 rings (SSSR count). The molecule has 0 aliphatic rings. The Kier molecular flexibility index (Phi) is 5.31. The highest BCUT2D eigenvalue weighted by atomic mass is 32.2. The maximum absolute atomic E-state index is 5.78. The lowest BCUT2D eigenvalue weighted by atomic mass is 10.1. The Morgan fingerprint density at radius 2 is 2.10 bits per heavy atom. The second kappa shape index (κ2) is 5.10. The van der Waals surface area contributed by atoms with E-state index in [4.69, 9.17) is 18.0 Å². The van der Waals surface area contributed by atoms with Crippen molar-refractivity contribution < 1.29 is 0 Å². The van der Waals surface area contributed by atoms with Crippen LogP contribution >= 0.6 is 24.0 Å². The predicted octanol–water partition coefficient (Wildman–Crippen LogP) is 2.05. The molecule has 0 aromatic carbocycles. The van der Waals surface area contributed by atoms with Gasteiger partial charge in [-0.1, -0.05) is 26.1 Å². The van der Waals surface area contributed by atoms with Crippen LogP contribution in [0.4, 0.5) is 0 Å². The minimum absolute atomic E-state index is 0.280. The topological polar surface area (TPSA) is 26.0 Å². The van der Waals surface area contributed by atoms with Crippen LogP contribution < -0.4 is 5.73 Å². The molecule has 2 N–H and O–H groups in total. The first-order chi connectivity index (χ1) is 4.54. The fourth-order valence-electron chi connectivity index (χ4n) is 0.406. The molecule has 0 aromatic rings. The first kappa shape index (κ1) is 10.4. The SMILES string of the molecule is CC(=S)SC[C@H](N)C(C)C. The number of rotatable bonds is 3. The van der Waals surface area contributed by atoms with Gasteiger partial charge in [-0.2, -0.15) is 0 Å². The summed E-state index contributed by atoms with van der Waals surface area (Å²) in [6.07, 6.45) is 0. The van der Waals surface area contributed by atoms with E-state index in [2.05, 4.69) is 13.8 Å². The molecule has 1 atom stereocenters. The maximum atomic E-state index is 5.78. The van der Waals surface area contributed by atoms with Crippen molar-refractivity contribution >= 4 is 28.2 Å². The summed E-state index contributed by atoms with van der Waals surface area (Å²) in [6, 6.07) is 0.280. The Bertz CT molecular complexity index is 112. The molecular weight excluding hydrogens is 162 g/mol. The third kappa shape index (κ3) is 5.21. The minimum atomic E-state index is 0.280. The summed E-state index contributed by atoms with van der Waals surface area (Å²) in [5.74, 6) is 1.51. The third-order valence-corrected chi connectivity index (χ3v) is 2.65. The summed E-state index contributed by atoms with van der Waals surface area (Å²) < 4.78 is 0.982. The smallest absolute Gasteiger partial charge is 0.0447 e. The second-order valence-corrected chi connectivity index (χ2v) is 4.82. The van der Waals surface area contributed by atoms with Crippen molar-refractivity contribution in [2.75, 3.05) is 5.75 Å². The van der Waals surface area contributed by atoms with Crippen LogP contribution in [-0.2, 0) is 0 Å². The molecule has 60 valence electrons. The van der Waals surface area contributed by atoms with E-state index in [0.29, 0.717) is 5.92 Å². The lowest BCUT2D eigenvalue weighted by Gasteiger charge is -2.13. The number of thioether (sulfide) groups is 1. The maximum Gasteiger partial charge on any atom is 0.0447 e.